The van der Waals surface area contributed by atoms with Crippen LogP contribution in [-0.4, -0.2) is 5.60 Å². The lowest BCUT2D eigenvalue weighted by Crippen LogP contribution is -2.43. The molecule has 2 nitrogen and oxygen atoms in total. The Morgan fingerprint density at radius 2 is 2.21 bits per heavy atom. The summed E-state index contributed by atoms with van der Waals surface area (Å²) in [5, 5.41) is 0. The number of hydrogen-bond donors (Lipinski definition) is 1. The molecular formula is C16H24FNO. The van der Waals surface area contributed by atoms with Gasteiger partial charge in [0.2, 0.25) is 0 Å². The number of hydrogen-bond acceptors (Lipinski definition) is 2. The van der Waals surface area contributed by atoms with Gasteiger partial charge in [0, 0.05) is 24.1 Å². The van der Waals surface area contributed by atoms with Crippen molar-refractivity contribution in [3.63, 3.8) is 0 Å². The summed E-state index contributed by atoms with van der Waals surface area (Å²) < 4.78 is 19.6. The molecule has 3 unspecified atom stereocenters. The fourth-order valence-electron chi connectivity index (χ4n) is 2.95. The number of ether oxygens (including phenoxy) is 1. The molecule has 1 heterocycles. The van der Waals surface area contributed by atoms with Gasteiger partial charge in [0.15, 0.2) is 0 Å². The van der Waals surface area contributed by atoms with Crippen LogP contribution in [0.4, 0.5) is 4.39 Å². The number of halogens is 1. The second-order valence-electron chi connectivity index (χ2n) is 5.85. The Bertz CT molecular complexity index is 448. The van der Waals surface area contributed by atoms with E-state index in [1.165, 1.54) is 12.1 Å². The molecule has 0 aromatic heterocycles. The highest BCUT2D eigenvalue weighted by molar-refractivity contribution is 5.39. The van der Waals surface area contributed by atoms with Gasteiger partial charge in [-0.15, -0.1) is 0 Å². The predicted octanol–water partition coefficient (Wildman–Crippen LogP) is 4.19. The van der Waals surface area contributed by atoms with Crippen molar-refractivity contribution in [2.45, 2.75) is 58.1 Å². The molecule has 0 amide bonds. The third-order valence-electron chi connectivity index (χ3n) is 4.36. The summed E-state index contributed by atoms with van der Waals surface area (Å²) in [4.78, 5) is 0. The summed E-state index contributed by atoms with van der Waals surface area (Å²) in [6.07, 6.45) is 3.81. The summed E-state index contributed by atoms with van der Waals surface area (Å²) in [7, 11) is 0. The maximum absolute atomic E-state index is 13.4. The van der Waals surface area contributed by atoms with Gasteiger partial charge in [-0.2, -0.15) is 0 Å². The molecule has 3 heteroatoms. The topological polar surface area (TPSA) is 35.2 Å². The lowest BCUT2D eigenvalue weighted by Gasteiger charge is -2.42. The van der Waals surface area contributed by atoms with Crippen LogP contribution in [0.2, 0.25) is 0 Å². The molecule has 1 aliphatic heterocycles. The lowest BCUT2D eigenvalue weighted by atomic mass is 9.79. The van der Waals surface area contributed by atoms with Gasteiger partial charge in [-0.05, 0) is 24.8 Å². The van der Waals surface area contributed by atoms with Crippen molar-refractivity contribution in [1.82, 2.24) is 0 Å². The van der Waals surface area contributed by atoms with Crippen LogP contribution in [0.3, 0.4) is 0 Å². The summed E-state index contributed by atoms with van der Waals surface area (Å²) in [6, 6.07) is 4.61. The Balaban J connectivity index is 2.30. The molecule has 0 spiro atoms. The largest absolute Gasteiger partial charge is 0.487 e. The van der Waals surface area contributed by atoms with E-state index in [4.69, 9.17) is 10.5 Å². The third kappa shape index (κ3) is 2.92. The molecule has 2 rings (SSSR count). The van der Waals surface area contributed by atoms with Gasteiger partial charge in [0.25, 0.3) is 0 Å². The predicted molar refractivity (Wildman–Crippen MR) is 75.7 cm³/mol. The van der Waals surface area contributed by atoms with Crippen LogP contribution in [0.15, 0.2) is 18.2 Å². The molecule has 0 radical (unpaired) electrons. The molecule has 1 aromatic carbocycles. The Hall–Kier alpha value is -1.09. The summed E-state index contributed by atoms with van der Waals surface area (Å²) in [6.45, 7) is 6.54. The number of rotatable bonds is 4. The minimum absolute atomic E-state index is 0.0617. The van der Waals surface area contributed by atoms with Gasteiger partial charge in [-0.25, -0.2) is 4.39 Å². The molecular weight excluding hydrogens is 241 g/mol. The molecule has 1 aromatic rings. The fourth-order valence-corrected chi connectivity index (χ4v) is 2.95. The highest BCUT2D eigenvalue weighted by atomic mass is 19.1. The van der Waals surface area contributed by atoms with E-state index in [0.717, 1.165) is 31.2 Å². The van der Waals surface area contributed by atoms with Crippen molar-refractivity contribution in [1.29, 1.82) is 0 Å². The summed E-state index contributed by atoms with van der Waals surface area (Å²) in [5.41, 5.74) is 6.95. The van der Waals surface area contributed by atoms with Crippen LogP contribution in [0, 0.1) is 11.7 Å². The zero-order valence-electron chi connectivity index (χ0n) is 12.1. The molecule has 1 aliphatic rings. The third-order valence-corrected chi connectivity index (χ3v) is 4.36. The van der Waals surface area contributed by atoms with E-state index in [1.807, 2.05) is 0 Å². The van der Waals surface area contributed by atoms with Gasteiger partial charge in [0.1, 0.15) is 17.2 Å². The smallest absolute Gasteiger partial charge is 0.127 e. The van der Waals surface area contributed by atoms with E-state index < -0.39 is 0 Å². The molecule has 0 aliphatic carbocycles. The number of fused-ring (bicyclic) bond motifs is 1. The highest BCUT2D eigenvalue weighted by Crippen LogP contribution is 2.43. The maximum Gasteiger partial charge on any atom is 0.127 e. The molecule has 0 fully saturated rings. The van der Waals surface area contributed by atoms with E-state index in [1.54, 1.807) is 6.07 Å². The lowest BCUT2D eigenvalue weighted by molar-refractivity contribution is 0.0101. The zero-order valence-corrected chi connectivity index (χ0v) is 12.1. The van der Waals surface area contributed by atoms with Crippen LogP contribution in [-0.2, 0) is 0 Å². The fraction of sp³-hybridized carbons (Fsp3) is 0.625. The van der Waals surface area contributed by atoms with Crippen molar-refractivity contribution < 1.29 is 9.13 Å². The molecule has 0 bridgehead atoms. The van der Waals surface area contributed by atoms with Gasteiger partial charge in [-0.3, -0.25) is 0 Å². The van der Waals surface area contributed by atoms with Crippen molar-refractivity contribution in [2.75, 3.05) is 0 Å². The molecule has 19 heavy (non-hydrogen) atoms. The van der Waals surface area contributed by atoms with Crippen LogP contribution < -0.4 is 10.5 Å². The quantitative estimate of drug-likeness (QED) is 0.885. The minimum Gasteiger partial charge on any atom is -0.487 e. The Labute approximate surface area is 115 Å². The first-order valence-corrected chi connectivity index (χ1v) is 7.23. The van der Waals surface area contributed by atoms with Crippen molar-refractivity contribution in [2.24, 2.45) is 11.7 Å². The van der Waals surface area contributed by atoms with E-state index in [0.29, 0.717) is 11.7 Å². The van der Waals surface area contributed by atoms with E-state index in [-0.39, 0.29) is 17.5 Å². The van der Waals surface area contributed by atoms with Crippen LogP contribution >= 0.6 is 0 Å². The monoisotopic (exact) mass is 265 g/mol. The van der Waals surface area contributed by atoms with Gasteiger partial charge in [0.05, 0.1) is 0 Å². The molecule has 0 saturated heterocycles. The minimum atomic E-state index is -0.263. The van der Waals surface area contributed by atoms with Gasteiger partial charge >= 0.3 is 0 Å². The zero-order chi connectivity index (χ0) is 14.0. The van der Waals surface area contributed by atoms with E-state index in [9.17, 15) is 4.39 Å². The summed E-state index contributed by atoms with van der Waals surface area (Å²) in [5.74, 6) is 0.951. The first-order valence-electron chi connectivity index (χ1n) is 7.23. The Morgan fingerprint density at radius 1 is 1.47 bits per heavy atom. The molecule has 0 saturated carbocycles. The molecule has 2 N–H and O–H groups in total. The normalized spacial score (nSPS) is 27.5. The highest BCUT2D eigenvalue weighted by Gasteiger charge is 2.39. The second-order valence-corrected chi connectivity index (χ2v) is 5.85. The average Bonchev–Trinajstić information content (AvgIpc) is 2.38. The maximum atomic E-state index is 13.4. The number of nitrogens with two attached hydrogens (primary N) is 1. The standard InChI is InChI=1S/C16H24FNO/c1-4-11(3)9-16(5-2)10-14(18)13-7-6-12(17)8-15(13)19-16/h6-8,11,14H,4-5,9-10,18H2,1-3H3. The van der Waals surface area contributed by atoms with Crippen LogP contribution in [0.25, 0.3) is 0 Å². The van der Waals surface area contributed by atoms with E-state index in [2.05, 4.69) is 20.8 Å². The van der Waals surface area contributed by atoms with Crippen LogP contribution in [0.5, 0.6) is 5.75 Å². The first-order chi connectivity index (χ1) is 8.99. The molecule has 3 atom stereocenters. The number of benzene rings is 1. The van der Waals surface area contributed by atoms with Gasteiger partial charge in [-0.1, -0.05) is 33.3 Å². The van der Waals surface area contributed by atoms with Crippen molar-refractivity contribution >= 4 is 0 Å². The SMILES string of the molecule is CCC(C)CC1(CC)CC(N)c2ccc(F)cc2O1. The van der Waals surface area contributed by atoms with Crippen molar-refractivity contribution in [3.8, 4) is 5.75 Å². The van der Waals surface area contributed by atoms with Crippen molar-refractivity contribution in [3.05, 3.63) is 29.6 Å². The van der Waals surface area contributed by atoms with Crippen LogP contribution in [0.1, 0.15) is 58.1 Å². The van der Waals surface area contributed by atoms with E-state index >= 15 is 0 Å². The second kappa shape index (κ2) is 5.49. The Kier molecular flexibility index (Phi) is 4.14. The first kappa shape index (κ1) is 14.3. The average molecular weight is 265 g/mol. The summed E-state index contributed by atoms with van der Waals surface area (Å²) >= 11 is 0. The van der Waals surface area contributed by atoms with Gasteiger partial charge < -0.3 is 10.5 Å². The molecule has 106 valence electrons. The Morgan fingerprint density at radius 3 is 2.84 bits per heavy atom.